The smallest absolute Gasteiger partial charge is 0.335 e. The van der Waals surface area contributed by atoms with Crippen LogP contribution in [0, 0.1) is 5.92 Å². The molecule has 156 valence electrons. The molecule has 1 aromatic rings. The Morgan fingerprint density at radius 2 is 1.86 bits per heavy atom. The van der Waals surface area contributed by atoms with Crippen LogP contribution >= 0.6 is 0 Å². The quantitative estimate of drug-likeness (QED) is 0.664. The van der Waals surface area contributed by atoms with Crippen LogP contribution in [0.4, 0.5) is 11.4 Å². The summed E-state index contributed by atoms with van der Waals surface area (Å²) in [4.78, 5) is 40.3. The van der Waals surface area contributed by atoms with Crippen LogP contribution in [-0.4, -0.2) is 59.8 Å². The molecule has 1 heterocycles. The van der Waals surface area contributed by atoms with E-state index in [1.165, 1.54) is 17.0 Å². The minimum absolute atomic E-state index is 0.0502. The van der Waals surface area contributed by atoms with E-state index in [9.17, 15) is 24.6 Å². The molecule has 2 aliphatic carbocycles. The van der Waals surface area contributed by atoms with E-state index in [0.29, 0.717) is 11.4 Å². The van der Waals surface area contributed by atoms with Crippen molar-refractivity contribution in [3.63, 3.8) is 0 Å². The topological polar surface area (TPSA) is 110 Å². The molecule has 29 heavy (non-hydrogen) atoms. The van der Waals surface area contributed by atoms with Gasteiger partial charge < -0.3 is 20.4 Å². The van der Waals surface area contributed by atoms with Crippen LogP contribution in [0.25, 0.3) is 0 Å². The molecule has 1 aliphatic heterocycles. The number of rotatable bonds is 6. The average molecular weight is 401 g/mol. The van der Waals surface area contributed by atoms with Crippen molar-refractivity contribution in [3.8, 4) is 0 Å². The van der Waals surface area contributed by atoms with Gasteiger partial charge in [0.15, 0.2) is 0 Å². The summed E-state index contributed by atoms with van der Waals surface area (Å²) in [5.41, 5.74) is 1.17. The summed E-state index contributed by atoms with van der Waals surface area (Å²) in [5, 5.41) is 22.2. The number of amides is 2. The standard InChI is InChI=1S/C21H27N3O5/c25-12-14-3-1-2-4-16(14)22-10-19(26)23-11-20(27)24(15-6-7-15)17-8-5-13(21(28)29)9-18(17)23/h5,8-9,14-16,22,25H,1-4,6-7,10-12H2,(H,28,29)/t14-,16?/m0/s1. The Morgan fingerprint density at radius 1 is 1.10 bits per heavy atom. The predicted octanol–water partition coefficient (Wildman–Crippen LogP) is 1.37. The number of carboxylic acids is 1. The van der Waals surface area contributed by atoms with Crippen LogP contribution in [0.2, 0.25) is 0 Å². The number of anilines is 2. The van der Waals surface area contributed by atoms with Gasteiger partial charge >= 0.3 is 5.97 Å². The maximum absolute atomic E-state index is 13.0. The molecule has 2 amide bonds. The Morgan fingerprint density at radius 3 is 2.55 bits per heavy atom. The molecule has 1 unspecified atom stereocenters. The maximum atomic E-state index is 13.0. The van der Waals surface area contributed by atoms with Crippen molar-refractivity contribution >= 4 is 29.2 Å². The lowest BCUT2D eigenvalue weighted by molar-refractivity contribution is -0.122. The minimum Gasteiger partial charge on any atom is -0.478 e. The molecule has 0 bridgehead atoms. The fourth-order valence-corrected chi connectivity index (χ4v) is 4.47. The van der Waals surface area contributed by atoms with E-state index in [4.69, 9.17) is 0 Å². The monoisotopic (exact) mass is 401 g/mol. The molecular formula is C21H27N3O5. The minimum atomic E-state index is -1.07. The number of nitrogens with one attached hydrogen (secondary N) is 1. The molecule has 3 N–H and O–H groups in total. The summed E-state index contributed by atoms with van der Waals surface area (Å²) in [6.07, 6.45) is 5.83. The fourth-order valence-electron chi connectivity index (χ4n) is 4.47. The molecule has 0 aromatic heterocycles. The largest absolute Gasteiger partial charge is 0.478 e. The summed E-state index contributed by atoms with van der Waals surface area (Å²) in [5.74, 6) is -1.33. The molecule has 0 radical (unpaired) electrons. The average Bonchev–Trinajstić information content (AvgIpc) is 3.56. The molecule has 2 fully saturated rings. The number of benzene rings is 1. The van der Waals surface area contributed by atoms with E-state index >= 15 is 0 Å². The number of nitrogens with zero attached hydrogens (tertiary/aromatic N) is 2. The Kier molecular flexibility index (Phi) is 5.56. The van der Waals surface area contributed by atoms with Crippen molar-refractivity contribution < 1.29 is 24.6 Å². The van der Waals surface area contributed by atoms with Crippen LogP contribution in [0.1, 0.15) is 48.9 Å². The van der Waals surface area contributed by atoms with Crippen molar-refractivity contribution in [2.45, 2.75) is 50.6 Å². The Balaban J connectivity index is 1.55. The number of carbonyl (C=O) groups is 3. The van der Waals surface area contributed by atoms with E-state index in [1.807, 2.05) is 0 Å². The van der Waals surface area contributed by atoms with Gasteiger partial charge in [-0.25, -0.2) is 4.79 Å². The van der Waals surface area contributed by atoms with E-state index < -0.39 is 5.97 Å². The molecule has 2 atom stereocenters. The van der Waals surface area contributed by atoms with E-state index in [2.05, 4.69) is 5.32 Å². The molecular weight excluding hydrogens is 374 g/mol. The van der Waals surface area contributed by atoms with Crippen LogP contribution in [-0.2, 0) is 9.59 Å². The van der Waals surface area contributed by atoms with Gasteiger partial charge in [-0.05, 0) is 49.8 Å². The zero-order valence-electron chi connectivity index (χ0n) is 16.3. The summed E-state index contributed by atoms with van der Waals surface area (Å²) in [6, 6.07) is 4.80. The van der Waals surface area contributed by atoms with Crippen molar-refractivity contribution in [1.82, 2.24) is 5.32 Å². The molecule has 0 saturated heterocycles. The van der Waals surface area contributed by atoms with Gasteiger partial charge in [-0.15, -0.1) is 0 Å². The lowest BCUT2D eigenvalue weighted by Crippen LogP contribution is -2.52. The molecule has 8 heteroatoms. The Labute approximate surface area is 169 Å². The maximum Gasteiger partial charge on any atom is 0.335 e. The molecule has 4 rings (SSSR count). The Hall–Kier alpha value is -2.45. The first kappa shape index (κ1) is 19.8. The molecule has 2 saturated carbocycles. The number of aliphatic hydroxyl groups excluding tert-OH is 1. The highest BCUT2D eigenvalue weighted by atomic mass is 16.4. The van der Waals surface area contributed by atoms with Gasteiger partial charge in [0.05, 0.1) is 23.5 Å². The highest BCUT2D eigenvalue weighted by Gasteiger charge is 2.41. The highest BCUT2D eigenvalue weighted by Crippen LogP contribution is 2.41. The second kappa shape index (κ2) is 8.12. The summed E-state index contributed by atoms with van der Waals surface area (Å²) in [7, 11) is 0. The van der Waals surface area contributed by atoms with Crippen LogP contribution in [0.15, 0.2) is 18.2 Å². The predicted molar refractivity (Wildman–Crippen MR) is 107 cm³/mol. The van der Waals surface area contributed by atoms with Crippen molar-refractivity contribution in [2.75, 3.05) is 29.5 Å². The number of fused-ring (bicyclic) bond motifs is 1. The molecule has 3 aliphatic rings. The van der Waals surface area contributed by atoms with Crippen LogP contribution in [0.5, 0.6) is 0 Å². The van der Waals surface area contributed by atoms with E-state index in [1.54, 1.807) is 11.0 Å². The fraction of sp³-hybridized carbons (Fsp3) is 0.571. The van der Waals surface area contributed by atoms with Gasteiger partial charge in [0, 0.05) is 18.7 Å². The van der Waals surface area contributed by atoms with Gasteiger partial charge in [0.2, 0.25) is 11.8 Å². The van der Waals surface area contributed by atoms with Crippen molar-refractivity contribution in [1.29, 1.82) is 0 Å². The van der Waals surface area contributed by atoms with E-state index in [0.717, 1.165) is 38.5 Å². The SMILES string of the molecule is O=C(O)c1ccc2c(c1)N(C(=O)CNC1CCCC[C@H]1CO)CC(=O)N2C1CC1. The van der Waals surface area contributed by atoms with E-state index in [-0.39, 0.29) is 55.1 Å². The summed E-state index contributed by atoms with van der Waals surface area (Å²) < 4.78 is 0. The van der Waals surface area contributed by atoms with Gasteiger partial charge in [-0.3, -0.25) is 14.5 Å². The number of hydrogen-bond donors (Lipinski definition) is 3. The third kappa shape index (κ3) is 4.00. The highest BCUT2D eigenvalue weighted by molar-refractivity contribution is 6.12. The molecule has 1 aromatic carbocycles. The number of aromatic carboxylic acids is 1. The first-order valence-electron chi connectivity index (χ1n) is 10.3. The van der Waals surface area contributed by atoms with Crippen molar-refractivity contribution in [3.05, 3.63) is 23.8 Å². The van der Waals surface area contributed by atoms with Crippen LogP contribution in [0.3, 0.4) is 0 Å². The normalized spacial score (nSPS) is 24.4. The number of aliphatic hydroxyl groups is 1. The third-order valence-corrected chi connectivity index (χ3v) is 6.21. The third-order valence-electron chi connectivity index (χ3n) is 6.21. The lowest BCUT2D eigenvalue weighted by atomic mass is 9.85. The zero-order valence-corrected chi connectivity index (χ0v) is 16.3. The second-order valence-electron chi connectivity index (χ2n) is 8.20. The number of hydrogen-bond acceptors (Lipinski definition) is 5. The first-order chi connectivity index (χ1) is 14.0. The van der Waals surface area contributed by atoms with Crippen molar-refractivity contribution in [2.24, 2.45) is 5.92 Å². The van der Waals surface area contributed by atoms with Gasteiger partial charge in [0.1, 0.15) is 6.54 Å². The second-order valence-corrected chi connectivity index (χ2v) is 8.20. The zero-order chi connectivity index (χ0) is 20.5. The lowest BCUT2D eigenvalue weighted by Gasteiger charge is -2.37. The first-order valence-corrected chi connectivity index (χ1v) is 10.3. The molecule has 0 spiro atoms. The van der Waals surface area contributed by atoms with Gasteiger partial charge in [-0.2, -0.15) is 0 Å². The number of carboxylic acid groups (broad SMARTS) is 1. The van der Waals surface area contributed by atoms with Gasteiger partial charge in [-0.1, -0.05) is 12.8 Å². The van der Waals surface area contributed by atoms with Gasteiger partial charge in [0.25, 0.3) is 0 Å². The summed E-state index contributed by atoms with van der Waals surface area (Å²) >= 11 is 0. The summed E-state index contributed by atoms with van der Waals surface area (Å²) in [6.45, 7) is 0.0605. The Bertz CT molecular complexity index is 823. The number of carbonyl (C=O) groups excluding carboxylic acids is 2. The molecule has 8 nitrogen and oxygen atoms in total. The van der Waals surface area contributed by atoms with Crippen LogP contribution < -0.4 is 15.1 Å².